The van der Waals surface area contributed by atoms with Crippen LogP contribution in [0.5, 0.6) is 0 Å². The number of hydrogen-bond acceptors (Lipinski definition) is 4. The van der Waals surface area contributed by atoms with Gasteiger partial charge in [-0.1, -0.05) is 13.8 Å². The van der Waals surface area contributed by atoms with Gasteiger partial charge in [0.1, 0.15) is 6.04 Å². The van der Waals surface area contributed by atoms with Crippen molar-refractivity contribution in [1.82, 2.24) is 4.90 Å². The van der Waals surface area contributed by atoms with Gasteiger partial charge in [-0.3, -0.25) is 4.79 Å². The molecule has 6 heteroatoms. The predicted octanol–water partition coefficient (Wildman–Crippen LogP) is 0.801. The van der Waals surface area contributed by atoms with Crippen LogP contribution in [0.1, 0.15) is 26.7 Å². The van der Waals surface area contributed by atoms with Crippen LogP contribution in [-0.2, 0) is 14.3 Å². The second-order valence-electron chi connectivity index (χ2n) is 6.78. The Morgan fingerprint density at radius 3 is 2.45 bits per heavy atom. The van der Waals surface area contributed by atoms with Gasteiger partial charge in [-0.15, -0.1) is 12.4 Å². The summed E-state index contributed by atoms with van der Waals surface area (Å²) in [5.41, 5.74) is 6.13. The molecule has 1 amide bonds. The van der Waals surface area contributed by atoms with Gasteiger partial charge in [0.15, 0.2) is 0 Å². The summed E-state index contributed by atoms with van der Waals surface area (Å²) in [6, 6.07) is -0.866. The molecule has 3 rings (SSSR count). The van der Waals surface area contributed by atoms with Crippen molar-refractivity contribution >= 4 is 24.3 Å². The molecule has 0 unspecified atom stereocenters. The van der Waals surface area contributed by atoms with Crippen molar-refractivity contribution in [2.45, 2.75) is 38.8 Å². The highest BCUT2D eigenvalue weighted by Gasteiger charge is 2.70. The van der Waals surface area contributed by atoms with Crippen LogP contribution in [0.3, 0.4) is 0 Å². The molecule has 0 spiro atoms. The molecular formula is C14H23ClN2O3. The summed E-state index contributed by atoms with van der Waals surface area (Å²) in [5, 5.41) is 0. The quantitative estimate of drug-likeness (QED) is 0.783. The molecule has 3 fully saturated rings. The number of likely N-dealkylation sites (tertiary alicyclic amines) is 1. The summed E-state index contributed by atoms with van der Waals surface area (Å²) in [6.45, 7) is 4.96. The van der Waals surface area contributed by atoms with E-state index >= 15 is 0 Å². The molecule has 0 aromatic rings. The van der Waals surface area contributed by atoms with Crippen molar-refractivity contribution in [2.24, 2.45) is 28.9 Å². The topological polar surface area (TPSA) is 72.6 Å². The van der Waals surface area contributed by atoms with E-state index in [9.17, 15) is 9.59 Å². The van der Waals surface area contributed by atoms with Crippen LogP contribution < -0.4 is 5.73 Å². The zero-order chi connectivity index (χ0) is 13.9. The van der Waals surface area contributed by atoms with Crippen LogP contribution in [0.2, 0.25) is 0 Å². The molecule has 0 aromatic carbocycles. The molecule has 2 saturated carbocycles. The van der Waals surface area contributed by atoms with Crippen LogP contribution in [0.4, 0.5) is 0 Å². The van der Waals surface area contributed by atoms with Crippen LogP contribution in [0, 0.1) is 23.2 Å². The Hall–Kier alpha value is -0.810. The van der Waals surface area contributed by atoms with Gasteiger partial charge < -0.3 is 15.4 Å². The Bertz CT molecular complexity index is 436. The first-order valence-electron chi connectivity index (χ1n) is 7.03. The molecule has 1 heterocycles. The zero-order valence-electron chi connectivity index (χ0n) is 12.2. The van der Waals surface area contributed by atoms with E-state index in [4.69, 9.17) is 10.5 Å². The van der Waals surface area contributed by atoms with Crippen LogP contribution in [0.25, 0.3) is 0 Å². The van der Waals surface area contributed by atoms with Gasteiger partial charge >= 0.3 is 5.97 Å². The Labute approximate surface area is 125 Å². The maximum absolute atomic E-state index is 12.4. The Morgan fingerprint density at radius 2 is 1.95 bits per heavy atom. The van der Waals surface area contributed by atoms with Crippen molar-refractivity contribution in [3.8, 4) is 0 Å². The first-order valence-corrected chi connectivity index (χ1v) is 7.03. The van der Waals surface area contributed by atoms with Crippen molar-refractivity contribution in [3.05, 3.63) is 0 Å². The summed E-state index contributed by atoms with van der Waals surface area (Å²) in [5.74, 6) is 0.591. The van der Waals surface area contributed by atoms with E-state index in [0.717, 1.165) is 12.8 Å². The largest absolute Gasteiger partial charge is 0.467 e. The molecule has 0 aromatic heterocycles. The first-order chi connectivity index (χ1) is 8.89. The normalized spacial score (nSPS) is 34.8. The number of piperidine rings is 1. The fraction of sp³-hybridized carbons (Fsp3) is 0.857. The lowest BCUT2D eigenvalue weighted by atomic mass is 10.00. The lowest BCUT2D eigenvalue weighted by Crippen LogP contribution is -2.52. The minimum Gasteiger partial charge on any atom is -0.467 e. The van der Waals surface area contributed by atoms with Gasteiger partial charge in [-0.2, -0.15) is 0 Å². The Morgan fingerprint density at radius 1 is 1.35 bits per heavy atom. The number of fused-ring (bicyclic) bond motifs is 1. The first kappa shape index (κ1) is 15.6. The number of rotatable bonds is 3. The lowest BCUT2D eigenvalue weighted by molar-refractivity contribution is -0.153. The third-order valence-corrected chi connectivity index (χ3v) is 5.35. The highest BCUT2D eigenvalue weighted by atomic mass is 35.5. The van der Waals surface area contributed by atoms with Crippen molar-refractivity contribution in [2.75, 3.05) is 13.7 Å². The van der Waals surface area contributed by atoms with E-state index in [1.54, 1.807) is 4.90 Å². The van der Waals surface area contributed by atoms with E-state index in [0.29, 0.717) is 18.4 Å². The third kappa shape index (κ3) is 2.11. The fourth-order valence-electron chi connectivity index (χ4n) is 3.75. The molecule has 20 heavy (non-hydrogen) atoms. The van der Waals surface area contributed by atoms with Crippen molar-refractivity contribution in [3.63, 3.8) is 0 Å². The number of nitrogens with two attached hydrogens (primary N) is 1. The number of carbonyl (C=O) groups is 2. The van der Waals surface area contributed by atoms with E-state index in [1.165, 1.54) is 7.11 Å². The fourth-order valence-corrected chi connectivity index (χ4v) is 3.75. The maximum atomic E-state index is 12.4. The minimum atomic E-state index is -0.437. The second-order valence-corrected chi connectivity index (χ2v) is 6.78. The smallest absolute Gasteiger partial charge is 0.328 e. The number of methoxy groups -OCH3 is 1. The molecule has 1 aliphatic heterocycles. The molecule has 114 valence electrons. The summed E-state index contributed by atoms with van der Waals surface area (Å²) >= 11 is 0. The van der Waals surface area contributed by atoms with Gasteiger partial charge in [-0.25, -0.2) is 4.79 Å². The van der Waals surface area contributed by atoms with Crippen molar-refractivity contribution < 1.29 is 14.3 Å². The third-order valence-electron chi connectivity index (χ3n) is 5.35. The van der Waals surface area contributed by atoms with Crippen LogP contribution >= 0.6 is 12.4 Å². The minimum absolute atomic E-state index is 0. The standard InChI is InChI=1S/C14H22N2O3.ClH/c1-14(2)8-6-16(11(9(8)14)13(18)19-3)12(17)10(15)7-4-5-7;/h7-11H,4-6,15H2,1-3H3;1H/t8-,9-,10-,11-;/m0./s1. The molecule has 5 nitrogen and oxygen atoms in total. The molecule has 3 aliphatic rings. The van der Waals surface area contributed by atoms with E-state index in [1.807, 2.05) is 0 Å². The van der Waals surface area contributed by atoms with Gasteiger partial charge in [0.25, 0.3) is 0 Å². The highest BCUT2D eigenvalue weighted by Crippen LogP contribution is 2.65. The number of carbonyl (C=O) groups excluding carboxylic acids is 2. The van der Waals surface area contributed by atoms with E-state index in [-0.39, 0.29) is 35.6 Å². The molecule has 2 N–H and O–H groups in total. The maximum Gasteiger partial charge on any atom is 0.328 e. The number of ether oxygens (including phenoxy) is 1. The molecule has 0 bridgehead atoms. The number of amides is 1. The average molecular weight is 303 g/mol. The van der Waals surface area contributed by atoms with E-state index in [2.05, 4.69) is 13.8 Å². The monoisotopic (exact) mass is 302 g/mol. The summed E-state index contributed by atoms with van der Waals surface area (Å²) in [6.07, 6.45) is 2.06. The Balaban J connectivity index is 0.00000147. The number of hydrogen-bond donors (Lipinski definition) is 1. The molecule has 4 atom stereocenters. The van der Waals surface area contributed by atoms with E-state index < -0.39 is 12.1 Å². The molecule has 0 radical (unpaired) electrons. The number of esters is 1. The lowest BCUT2D eigenvalue weighted by Gasteiger charge is -2.31. The highest BCUT2D eigenvalue weighted by molar-refractivity contribution is 5.89. The van der Waals surface area contributed by atoms with Crippen LogP contribution in [-0.4, -0.2) is 42.5 Å². The summed E-state index contributed by atoms with van der Waals surface area (Å²) < 4.78 is 4.89. The zero-order valence-corrected chi connectivity index (χ0v) is 13.0. The molecule has 2 aliphatic carbocycles. The van der Waals surface area contributed by atoms with Gasteiger partial charge in [-0.05, 0) is 30.1 Å². The second kappa shape index (κ2) is 4.88. The van der Waals surface area contributed by atoms with Gasteiger partial charge in [0.05, 0.1) is 13.2 Å². The number of nitrogens with zero attached hydrogens (tertiary/aromatic N) is 1. The van der Waals surface area contributed by atoms with Gasteiger partial charge in [0, 0.05) is 12.5 Å². The summed E-state index contributed by atoms with van der Waals surface area (Å²) in [7, 11) is 1.38. The molecule has 1 saturated heterocycles. The Kier molecular flexibility index (Phi) is 3.80. The van der Waals surface area contributed by atoms with Gasteiger partial charge in [0.2, 0.25) is 5.91 Å². The van der Waals surface area contributed by atoms with Crippen LogP contribution in [0.15, 0.2) is 0 Å². The summed E-state index contributed by atoms with van der Waals surface area (Å²) in [4.78, 5) is 26.1. The SMILES string of the molecule is COC(=O)[C@@H]1[C@@H]2[C@H](CN1C(=O)[C@@H](N)C1CC1)C2(C)C.Cl. The number of halogens is 1. The van der Waals surface area contributed by atoms with Crippen molar-refractivity contribution in [1.29, 1.82) is 0 Å². The average Bonchev–Trinajstić information content (AvgIpc) is 3.24. The molecular weight excluding hydrogens is 280 g/mol. The predicted molar refractivity (Wildman–Crippen MR) is 76.2 cm³/mol.